The van der Waals surface area contributed by atoms with E-state index in [-0.39, 0.29) is 5.91 Å². The summed E-state index contributed by atoms with van der Waals surface area (Å²) in [7, 11) is 0. The first-order chi connectivity index (χ1) is 15.6. The Labute approximate surface area is 189 Å². The molecule has 0 radical (unpaired) electrons. The zero-order valence-corrected chi connectivity index (χ0v) is 18.4. The summed E-state index contributed by atoms with van der Waals surface area (Å²) in [6.07, 6.45) is 4.43. The first-order valence-electron chi connectivity index (χ1n) is 11.5. The maximum absolute atomic E-state index is 13.1. The molecule has 0 aliphatic carbocycles. The van der Waals surface area contributed by atoms with E-state index < -0.39 is 11.6 Å². The number of anilines is 1. The highest BCUT2D eigenvalue weighted by molar-refractivity contribution is 5.79. The highest BCUT2D eigenvalue weighted by atomic mass is 16.3. The van der Waals surface area contributed by atoms with Gasteiger partial charge in [-0.05, 0) is 50.0 Å². The molecule has 32 heavy (non-hydrogen) atoms. The molecule has 7 heteroatoms. The molecule has 2 aliphatic heterocycles. The van der Waals surface area contributed by atoms with Crippen molar-refractivity contribution >= 4 is 11.7 Å². The third kappa shape index (κ3) is 4.93. The average Bonchev–Trinajstić information content (AvgIpc) is 3.09. The van der Waals surface area contributed by atoms with Gasteiger partial charge in [0.05, 0.1) is 18.2 Å². The van der Waals surface area contributed by atoms with E-state index in [9.17, 15) is 9.90 Å². The van der Waals surface area contributed by atoms with Crippen LogP contribution in [0.15, 0.2) is 48.5 Å². The number of aliphatic hydroxyl groups is 1. The summed E-state index contributed by atoms with van der Waals surface area (Å²) < 4.78 is 0. The van der Waals surface area contributed by atoms with Crippen molar-refractivity contribution in [1.29, 1.82) is 5.26 Å². The zero-order valence-electron chi connectivity index (χ0n) is 18.4. The lowest BCUT2D eigenvalue weighted by molar-refractivity contribution is -0.126. The minimum atomic E-state index is -0.854. The fourth-order valence-corrected chi connectivity index (χ4v) is 4.88. The Morgan fingerprint density at radius 2 is 1.84 bits per heavy atom. The summed E-state index contributed by atoms with van der Waals surface area (Å²) in [5.74, 6) is 0.619. The van der Waals surface area contributed by atoms with Gasteiger partial charge < -0.3 is 15.3 Å². The molecule has 7 nitrogen and oxygen atoms in total. The molecule has 1 amide bonds. The molecule has 0 spiro atoms. The number of hydrogen-bond donors (Lipinski definition) is 2. The fourth-order valence-electron chi connectivity index (χ4n) is 4.88. The Morgan fingerprint density at radius 1 is 1.09 bits per heavy atom. The van der Waals surface area contributed by atoms with Crippen LogP contribution in [0.2, 0.25) is 0 Å². The van der Waals surface area contributed by atoms with E-state index in [0.717, 1.165) is 31.5 Å². The quantitative estimate of drug-likeness (QED) is 0.752. The van der Waals surface area contributed by atoms with E-state index in [1.165, 1.54) is 12.8 Å². The van der Waals surface area contributed by atoms with Crippen molar-refractivity contribution in [3.63, 3.8) is 0 Å². The lowest BCUT2D eigenvalue weighted by Crippen LogP contribution is -2.63. The van der Waals surface area contributed by atoms with Crippen LogP contribution in [0.3, 0.4) is 0 Å². The molecular weight excluding hydrogens is 402 g/mol. The van der Waals surface area contributed by atoms with Crippen LogP contribution in [0.1, 0.15) is 43.4 Å². The number of nitriles is 1. The highest BCUT2D eigenvalue weighted by Crippen LogP contribution is 2.35. The van der Waals surface area contributed by atoms with Crippen LogP contribution in [0, 0.1) is 11.3 Å². The maximum atomic E-state index is 13.1. The number of likely N-dealkylation sites (tertiary alicyclic amines) is 1. The van der Waals surface area contributed by atoms with E-state index in [1.807, 2.05) is 41.3 Å². The number of piperidine rings is 1. The number of aliphatic hydroxyl groups excluding tert-OH is 1. The van der Waals surface area contributed by atoms with Gasteiger partial charge in [-0.3, -0.25) is 9.69 Å². The highest BCUT2D eigenvalue weighted by Gasteiger charge is 2.45. The van der Waals surface area contributed by atoms with Gasteiger partial charge in [-0.15, -0.1) is 0 Å². The molecule has 1 aromatic heterocycles. The monoisotopic (exact) mass is 433 g/mol. The molecule has 2 atom stereocenters. The van der Waals surface area contributed by atoms with E-state index >= 15 is 0 Å². The van der Waals surface area contributed by atoms with Gasteiger partial charge in [-0.25, -0.2) is 4.98 Å². The van der Waals surface area contributed by atoms with Crippen LogP contribution in [0.5, 0.6) is 0 Å². The van der Waals surface area contributed by atoms with E-state index in [2.05, 4.69) is 21.3 Å². The molecule has 0 bridgehead atoms. The van der Waals surface area contributed by atoms with Crippen molar-refractivity contribution in [2.45, 2.75) is 43.7 Å². The van der Waals surface area contributed by atoms with Crippen molar-refractivity contribution in [3.8, 4) is 6.07 Å². The Bertz CT molecular complexity index is 952. The predicted octanol–water partition coefficient (Wildman–Crippen LogP) is 2.41. The topological polar surface area (TPSA) is 92.5 Å². The summed E-state index contributed by atoms with van der Waals surface area (Å²) in [4.78, 5) is 21.7. The van der Waals surface area contributed by atoms with Gasteiger partial charge in [-0.2, -0.15) is 5.26 Å². The smallest absolute Gasteiger partial charge is 0.234 e. The standard InChI is InChI=1S/C25H31N5O2/c26-17-21-11-8-12-23(27-21)30-16-13-25(22(31)18-30,20-9-4-3-5-10-20)28-24(32)19-29-14-6-1-2-7-15-29/h3-5,8-12,22,31H,1-2,6-7,13-16,18-19H2,(H,28,32)/t22-,25+/m1/s1. The fraction of sp³-hybridized carbons (Fsp3) is 0.480. The molecular formula is C25H31N5O2. The van der Waals surface area contributed by atoms with Crippen molar-refractivity contribution < 1.29 is 9.90 Å². The van der Waals surface area contributed by atoms with Crippen molar-refractivity contribution in [3.05, 3.63) is 59.8 Å². The van der Waals surface area contributed by atoms with Crippen LogP contribution < -0.4 is 10.2 Å². The van der Waals surface area contributed by atoms with Crippen molar-refractivity contribution in [2.75, 3.05) is 37.6 Å². The second-order valence-corrected chi connectivity index (χ2v) is 8.78. The summed E-state index contributed by atoms with van der Waals surface area (Å²) in [6, 6.07) is 17.1. The van der Waals surface area contributed by atoms with Crippen LogP contribution >= 0.6 is 0 Å². The number of benzene rings is 1. The summed E-state index contributed by atoms with van der Waals surface area (Å²) >= 11 is 0. The number of rotatable bonds is 5. The SMILES string of the molecule is N#Cc1cccc(N2CC[C@](NC(=O)CN3CCCCCC3)(c3ccccc3)[C@H](O)C2)n1. The number of nitrogens with one attached hydrogen (secondary N) is 1. The van der Waals surface area contributed by atoms with Crippen LogP contribution in [-0.4, -0.2) is 59.7 Å². The Kier molecular flexibility index (Phi) is 7.03. The Morgan fingerprint density at radius 3 is 2.53 bits per heavy atom. The van der Waals surface area contributed by atoms with E-state index in [1.54, 1.807) is 12.1 Å². The maximum Gasteiger partial charge on any atom is 0.234 e. The second-order valence-electron chi connectivity index (χ2n) is 8.78. The Balaban J connectivity index is 1.53. The number of aromatic nitrogens is 1. The molecule has 1 aromatic carbocycles. The average molecular weight is 434 g/mol. The summed E-state index contributed by atoms with van der Waals surface area (Å²) in [5.41, 5.74) is 0.408. The lowest BCUT2D eigenvalue weighted by atomic mass is 9.78. The predicted molar refractivity (Wildman–Crippen MR) is 123 cm³/mol. The number of carbonyl (C=O) groups excluding carboxylic acids is 1. The number of β-amino-alcohol motifs (C(OH)–C–C–N with tert-alkyl or cyclic N) is 1. The van der Waals surface area contributed by atoms with Gasteiger partial charge in [0.1, 0.15) is 17.6 Å². The number of amides is 1. The molecule has 2 aliphatic rings. The van der Waals surface area contributed by atoms with Gasteiger partial charge in [0.15, 0.2) is 0 Å². The number of nitrogens with zero attached hydrogens (tertiary/aromatic N) is 4. The first-order valence-corrected chi connectivity index (χ1v) is 11.5. The largest absolute Gasteiger partial charge is 0.388 e. The minimum Gasteiger partial charge on any atom is -0.388 e. The lowest BCUT2D eigenvalue weighted by Gasteiger charge is -2.47. The van der Waals surface area contributed by atoms with E-state index in [4.69, 9.17) is 5.26 Å². The third-order valence-electron chi connectivity index (χ3n) is 6.63. The van der Waals surface area contributed by atoms with Gasteiger partial charge in [0.2, 0.25) is 5.91 Å². The molecule has 4 rings (SSSR count). The minimum absolute atomic E-state index is 0.0483. The van der Waals surface area contributed by atoms with Crippen molar-refractivity contribution in [1.82, 2.24) is 15.2 Å². The summed E-state index contributed by atoms with van der Waals surface area (Å²) in [5, 5.41) is 23.8. The molecule has 2 N–H and O–H groups in total. The number of pyridine rings is 1. The first kappa shape index (κ1) is 22.3. The zero-order chi connectivity index (χ0) is 22.4. The molecule has 0 unspecified atom stereocenters. The normalized spacial score (nSPS) is 24.4. The van der Waals surface area contributed by atoms with Gasteiger partial charge in [-0.1, -0.05) is 49.2 Å². The molecule has 2 saturated heterocycles. The molecule has 0 saturated carbocycles. The molecule has 168 valence electrons. The Hall–Kier alpha value is -2.95. The van der Waals surface area contributed by atoms with Crippen molar-refractivity contribution in [2.24, 2.45) is 0 Å². The molecule has 2 aromatic rings. The number of carbonyl (C=O) groups is 1. The van der Waals surface area contributed by atoms with Gasteiger partial charge in [0, 0.05) is 13.1 Å². The van der Waals surface area contributed by atoms with E-state index in [0.29, 0.717) is 37.6 Å². The molecule has 3 heterocycles. The molecule has 2 fully saturated rings. The summed E-state index contributed by atoms with van der Waals surface area (Å²) in [6.45, 7) is 3.18. The number of hydrogen-bond acceptors (Lipinski definition) is 6. The van der Waals surface area contributed by atoms with Crippen LogP contribution in [0.4, 0.5) is 5.82 Å². The van der Waals surface area contributed by atoms with Gasteiger partial charge in [0.25, 0.3) is 0 Å². The second kappa shape index (κ2) is 10.1. The third-order valence-corrected chi connectivity index (χ3v) is 6.63. The van der Waals surface area contributed by atoms with Gasteiger partial charge >= 0.3 is 0 Å². The van der Waals surface area contributed by atoms with Crippen LogP contribution in [0.25, 0.3) is 0 Å². The van der Waals surface area contributed by atoms with Crippen LogP contribution in [-0.2, 0) is 10.3 Å².